The third-order valence-corrected chi connectivity index (χ3v) is 4.62. The first-order valence-electron chi connectivity index (χ1n) is 8.02. The molecule has 138 valence electrons. The molecule has 9 heteroatoms. The molecule has 1 aliphatic heterocycles. The summed E-state index contributed by atoms with van der Waals surface area (Å²) in [6.07, 6.45) is 1.83. The molecule has 2 aromatic carbocycles. The van der Waals surface area contributed by atoms with Gasteiger partial charge in [0.2, 0.25) is 6.79 Å². The van der Waals surface area contributed by atoms with Gasteiger partial charge >= 0.3 is 0 Å². The summed E-state index contributed by atoms with van der Waals surface area (Å²) in [6, 6.07) is 11.8. The molecule has 0 bridgehead atoms. The molecule has 0 amide bonds. The summed E-state index contributed by atoms with van der Waals surface area (Å²) in [4.78, 5) is 0. The van der Waals surface area contributed by atoms with Gasteiger partial charge in [0.05, 0.1) is 11.0 Å². The minimum Gasteiger partial charge on any atom is -0.454 e. The quantitative estimate of drug-likeness (QED) is 0.577. The second kappa shape index (κ2) is 7.53. The van der Waals surface area contributed by atoms with Crippen LogP contribution in [0.2, 0.25) is 0 Å². The predicted octanol–water partition coefficient (Wildman–Crippen LogP) is 4.37. The van der Waals surface area contributed by atoms with Gasteiger partial charge in [-0.1, -0.05) is 12.1 Å². The van der Waals surface area contributed by atoms with Crippen LogP contribution in [0.4, 0.5) is 15.9 Å². The number of fused-ring (bicyclic) bond motifs is 1. The minimum absolute atomic E-state index is 0.222. The number of nitrogens with zero attached hydrogens (tertiary/aromatic N) is 2. The van der Waals surface area contributed by atoms with E-state index in [1.54, 1.807) is 16.8 Å². The van der Waals surface area contributed by atoms with E-state index in [4.69, 9.17) is 21.7 Å². The predicted molar refractivity (Wildman–Crippen MR) is 108 cm³/mol. The third kappa shape index (κ3) is 4.20. The van der Waals surface area contributed by atoms with Gasteiger partial charge in [0, 0.05) is 18.0 Å². The number of aromatic nitrogens is 2. The highest BCUT2D eigenvalue weighted by Crippen LogP contribution is 2.34. The van der Waals surface area contributed by atoms with E-state index in [1.807, 2.05) is 24.4 Å². The van der Waals surface area contributed by atoms with Crippen LogP contribution in [0, 0.1) is 5.82 Å². The first kappa shape index (κ1) is 17.7. The number of halogens is 2. The Morgan fingerprint density at radius 1 is 1.15 bits per heavy atom. The van der Waals surface area contributed by atoms with Gasteiger partial charge in [-0.15, -0.1) is 0 Å². The van der Waals surface area contributed by atoms with Gasteiger partial charge in [-0.3, -0.25) is 4.68 Å². The van der Waals surface area contributed by atoms with E-state index >= 15 is 0 Å². The highest BCUT2D eigenvalue weighted by molar-refractivity contribution is 9.10. The first-order valence-corrected chi connectivity index (χ1v) is 9.22. The standard InChI is InChI=1S/C18H14BrFN4O2S/c19-14-9-24(8-11-1-3-12(20)4-2-11)23-17(14)22-18(27)21-13-5-6-15-16(7-13)26-10-25-15/h1-7,9H,8,10H2,(H2,21,22,23,27). The number of ether oxygens (including phenoxy) is 2. The van der Waals surface area contributed by atoms with Gasteiger partial charge in [0.25, 0.3) is 0 Å². The second-order valence-corrected chi connectivity index (χ2v) is 7.06. The number of hydrogen-bond donors (Lipinski definition) is 2. The number of anilines is 2. The number of benzene rings is 2. The lowest BCUT2D eigenvalue weighted by molar-refractivity contribution is 0.174. The molecule has 2 heterocycles. The summed E-state index contributed by atoms with van der Waals surface area (Å²) in [5.41, 5.74) is 1.72. The van der Waals surface area contributed by atoms with E-state index in [0.29, 0.717) is 29.0 Å². The molecule has 0 radical (unpaired) electrons. The SMILES string of the molecule is Fc1ccc(Cn2cc(Br)c(NC(=S)Nc3ccc4c(c3)OCO4)n2)cc1. The monoisotopic (exact) mass is 448 g/mol. The molecule has 27 heavy (non-hydrogen) atoms. The van der Waals surface area contributed by atoms with E-state index in [1.165, 1.54) is 12.1 Å². The van der Waals surface area contributed by atoms with Gasteiger partial charge in [0.15, 0.2) is 22.4 Å². The highest BCUT2D eigenvalue weighted by Gasteiger charge is 2.14. The van der Waals surface area contributed by atoms with Crippen LogP contribution in [-0.4, -0.2) is 21.7 Å². The van der Waals surface area contributed by atoms with Crippen molar-refractivity contribution in [3.05, 3.63) is 64.5 Å². The Bertz CT molecular complexity index is 994. The van der Waals surface area contributed by atoms with Gasteiger partial charge in [-0.25, -0.2) is 4.39 Å². The zero-order chi connectivity index (χ0) is 18.8. The molecule has 2 N–H and O–H groups in total. The van der Waals surface area contributed by atoms with Gasteiger partial charge in [0.1, 0.15) is 5.82 Å². The molecule has 1 aromatic heterocycles. The van der Waals surface area contributed by atoms with E-state index in [-0.39, 0.29) is 12.6 Å². The van der Waals surface area contributed by atoms with Crippen molar-refractivity contribution in [2.24, 2.45) is 0 Å². The molecule has 0 fully saturated rings. The Morgan fingerprint density at radius 3 is 2.74 bits per heavy atom. The highest BCUT2D eigenvalue weighted by atomic mass is 79.9. The molecule has 4 rings (SSSR count). The van der Waals surface area contributed by atoms with Crippen LogP contribution in [0.15, 0.2) is 53.1 Å². The summed E-state index contributed by atoms with van der Waals surface area (Å²) in [7, 11) is 0. The molecular weight excluding hydrogens is 435 g/mol. The summed E-state index contributed by atoms with van der Waals surface area (Å²) in [6.45, 7) is 0.739. The molecule has 0 saturated carbocycles. The van der Waals surface area contributed by atoms with Crippen molar-refractivity contribution in [2.75, 3.05) is 17.4 Å². The average molecular weight is 449 g/mol. The Morgan fingerprint density at radius 2 is 1.93 bits per heavy atom. The normalized spacial score (nSPS) is 12.1. The van der Waals surface area contributed by atoms with Crippen molar-refractivity contribution in [1.82, 2.24) is 9.78 Å². The summed E-state index contributed by atoms with van der Waals surface area (Å²) >= 11 is 8.82. The smallest absolute Gasteiger partial charge is 0.231 e. The van der Waals surface area contributed by atoms with Crippen molar-refractivity contribution in [3.8, 4) is 11.5 Å². The average Bonchev–Trinajstić information content (AvgIpc) is 3.23. The largest absolute Gasteiger partial charge is 0.454 e. The summed E-state index contributed by atoms with van der Waals surface area (Å²) in [5, 5.41) is 11.0. The number of hydrogen-bond acceptors (Lipinski definition) is 4. The fourth-order valence-electron chi connectivity index (χ4n) is 2.58. The van der Waals surface area contributed by atoms with Crippen molar-refractivity contribution in [3.63, 3.8) is 0 Å². The van der Waals surface area contributed by atoms with Crippen molar-refractivity contribution < 1.29 is 13.9 Å². The third-order valence-electron chi connectivity index (χ3n) is 3.84. The molecule has 0 atom stereocenters. The van der Waals surface area contributed by atoms with Gasteiger partial charge in [-0.2, -0.15) is 5.10 Å². The van der Waals surface area contributed by atoms with Crippen molar-refractivity contribution >= 4 is 44.8 Å². The van der Waals surface area contributed by atoms with Crippen molar-refractivity contribution in [2.45, 2.75) is 6.54 Å². The van der Waals surface area contributed by atoms with E-state index in [0.717, 1.165) is 15.7 Å². The van der Waals surface area contributed by atoms with E-state index < -0.39 is 0 Å². The van der Waals surface area contributed by atoms with Crippen LogP contribution in [0.1, 0.15) is 5.56 Å². The molecule has 6 nitrogen and oxygen atoms in total. The Balaban J connectivity index is 1.41. The molecule has 0 unspecified atom stereocenters. The summed E-state index contributed by atoms with van der Waals surface area (Å²) < 4.78 is 26.2. The lowest BCUT2D eigenvalue weighted by Gasteiger charge is -2.09. The first-order chi connectivity index (χ1) is 13.1. The number of thiocarbonyl (C=S) groups is 1. The van der Waals surface area contributed by atoms with E-state index in [2.05, 4.69) is 31.7 Å². The fourth-order valence-corrected chi connectivity index (χ4v) is 3.21. The van der Waals surface area contributed by atoms with Crippen LogP contribution in [0.5, 0.6) is 11.5 Å². The van der Waals surface area contributed by atoms with E-state index in [9.17, 15) is 4.39 Å². The van der Waals surface area contributed by atoms with Crippen LogP contribution >= 0.6 is 28.1 Å². The molecule has 3 aromatic rings. The molecule has 0 spiro atoms. The lowest BCUT2D eigenvalue weighted by atomic mass is 10.2. The Labute approximate surface area is 168 Å². The van der Waals surface area contributed by atoms with Crippen LogP contribution in [-0.2, 0) is 6.54 Å². The molecule has 1 aliphatic rings. The molecular formula is C18H14BrFN4O2S. The van der Waals surface area contributed by atoms with Gasteiger partial charge in [-0.05, 0) is 58.0 Å². The molecule has 0 saturated heterocycles. The maximum Gasteiger partial charge on any atom is 0.231 e. The fraction of sp³-hybridized carbons (Fsp3) is 0.111. The zero-order valence-electron chi connectivity index (χ0n) is 13.9. The minimum atomic E-state index is -0.261. The van der Waals surface area contributed by atoms with Gasteiger partial charge < -0.3 is 20.1 Å². The van der Waals surface area contributed by atoms with Crippen LogP contribution in [0.25, 0.3) is 0 Å². The van der Waals surface area contributed by atoms with Crippen LogP contribution in [0.3, 0.4) is 0 Å². The van der Waals surface area contributed by atoms with Crippen LogP contribution < -0.4 is 20.1 Å². The maximum absolute atomic E-state index is 13.0. The van der Waals surface area contributed by atoms with Crippen molar-refractivity contribution in [1.29, 1.82) is 0 Å². The lowest BCUT2D eigenvalue weighted by Crippen LogP contribution is -2.19. The molecule has 0 aliphatic carbocycles. The number of rotatable bonds is 4. The number of nitrogens with one attached hydrogen (secondary N) is 2. The summed E-state index contributed by atoms with van der Waals surface area (Å²) in [5.74, 6) is 1.70. The Kier molecular flexibility index (Phi) is 4.95. The second-order valence-electron chi connectivity index (χ2n) is 5.80. The zero-order valence-corrected chi connectivity index (χ0v) is 16.3. The maximum atomic E-state index is 13.0. The Hall–Kier alpha value is -2.65. The topological polar surface area (TPSA) is 60.3 Å².